The molecule has 0 radical (unpaired) electrons. The molecule has 96 valence electrons. The molecule has 0 heterocycles. The van der Waals surface area contributed by atoms with E-state index in [1.165, 1.54) is 18.9 Å². The van der Waals surface area contributed by atoms with E-state index in [9.17, 15) is 9.18 Å². The highest BCUT2D eigenvalue weighted by Gasteiger charge is 2.45. The number of primary amides is 1. The number of benzene rings is 1. The summed E-state index contributed by atoms with van der Waals surface area (Å²) in [6.07, 6.45) is 3.55. The summed E-state index contributed by atoms with van der Waals surface area (Å²) in [7, 11) is 0. The summed E-state index contributed by atoms with van der Waals surface area (Å²) in [6, 6.07) is 4.91. The molecule has 1 fully saturated rings. The van der Waals surface area contributed by atoms with Gasteiger partial charge in [-0.25, -0.2) is 4.39 Å². The van der Waals surface area contributed by atoms with Crippen molar-refractivity contribution in [3.05, 3.63) is 35.1 Å². The van der Waals surface area contributed by atoms with E-state index in [4.69, 9.17) is 5.73 Å². The van der Waals surface area contributed by atoms with E-state index < -0.39 is 11.4 Å². The molecule has 3 N–H and O–H groups in total. The van der Waals surface area contributed by atoms with Gasteiger partial charge in [0.2, 0.25) is 5.91 Å². The number of amides is 1. The first-order valence-electron chi connectivity index (χ1n) is 6.46. The summed E-state index contributed by atoms with van der Waals surface area (Å²) < 4.78 is 13.7. The lowest BCUT2D eigenvalue weighted by molar-refractivity contribution is -0.124. The maximum absolute atomic E-state index is 13.7. The predicted molar refractivity (Wildman–Crippen MR) is 66.3 cm³/mol. The van der Waals surface area contributed by atoms with Gasteiger partial charge in [0.05, 0.1) is 0 Å². The topological polar surface area (TPSA) is 55.1 Å². The van der Waals surface area contributed by atoms with Gasteiger partial charge in [0.1, 0.15) is 11.4 Å². The van der Waals surface area contributed by atoms with Gasteiger partial charge in [-0.15, -0.1) is 0 Å². The molecule has 1 atom stereocenters. The molecule has 0 saturated heterocycles. The number of nitrogens with two attached hydrogens (primary N) is 1. The molecule has 2 aliphatic rings. The minimum absolute atomic E-state index is 0.233. The molecule has 1 aromatic carbocycles. The van der Waals surface area contributed by atoms with Crippen LogP contribution < -0.4 is 11.1 Å². The van der Waals surface area contributed by atoms with E-state index in [1.807, 2.05) is 6.07 Å². The lowest BCUT2D eigenvalue weighted by Crippen LogP contribution is -2.51. The Balaban J connectivity index is 1.96. The molecule has 4 heteroatoms. The van der Waals surface area contributed by atoms with E-state index >= 15 is 0 Å². The van der Waals surface area contributed by atoms with Gasteiger partial charge in [0.15, 0.2) is 0 Å². The number of carbonyl (C=O) groups excluding carboxylic acids is 1. The fourth-order valence-corrected chi connectivity index (χ4v) is 2.83. The van der Waals surface area contributed by atoms with Crippen LogP contribution in [0.15, 0.2) is 18.2 Å². The second-order valence-corrected chi connectivity index (χ2v) is 5.36. The molecule has 0 bridgehead atoms. The number of hydrogen-bond acceptors (Lipinski definition) is 2. The van der Waals surface area contributed by atoms with Gasteiger partial charge in [-0.2, -0.15) is 0 Å². The van der Waals surface area contributed by atoms with Crippen molar-refractivity contribution in [1.29, 1.82) is 0 Å². The van der Waals surface area contributed by atoms with Gasteiger partial charge in [0, 0.05) is 0 Å². The molecule has 0 aliphatic heterocycles. The average molecular weight is 248 g/mol. The first-order chi connectivity index (χ1) is 8.63. The summed E-state index contributed by atoms with van der Waals surface area (Å²) in [5, 5.41) is 3.30. The SMILES string of the molecule is NC(=O)C1(NCC2CC2)CCc2c(F)cccc21. The van der Waals surface area contributed by atoms with Crippen LogP contribution in [0.2, 0.25) is 0 Å². The Morgan fingerprint density at radius 3 is 2.94 bits per heavy atom. The molecule has 0 aromatic heterocycles. The zero-order valence-electron chi connectivity index (χ0n) is 10.2. The average Bonchev–Trinajstić information content (AvgIpc) is 3.08. The normalized spacial score (nSPS) is 26.1. The first kappa shape index (κ1) is 11.7. The third-order valence-electron chi connectivity index (χ3n) is 4.14. The van der Waals surface area contributed by atoms with Crippen LogP contribution in [0.4, 0.5) is 4.39 Å². The van der Waals surface area contributed by atoms with Crippen molar-refractivity contribution >= 4 is 5.91 Å². The molecular weight excluding hydrogens is 231 g/mol. The van der Waals surface area contributed by atoms with Crippen molar-refractivity contribution in [2.45, 2.75) is 31.2 Å². The molecule has 1 amide bonds. The highest BCUT2D eigenvalue weighted by atomic mass is 19.1. The van der Waals surface area contributed by atoms with Crippen LogP contribution in [-0.4, -0.2) is 12.5 Å². The quantitative estimate of drug-likeness (QED) is 0.847. The largest absolute Gasteiger partial charge is 0.368 e. The minimum Gasteiger partial charge on any atom is -0.368 e. The van der Waals surface area contributed by atoms with Gasteiger partial charge in [0.25, 0.3) is 0 Å². The van der Waals surface area contributed by atoms with Crippen molar-refractivity contribution in [2.24, 2.45) is 11.7 Å². The Hall–Kier alpha value is -1.42. The standard InChI is InChI=1S/C14H17FN2O/c15-12-3-1-2-11-10(12)6-7-14(11,13(16)18)17-8-9-4-5-9/h1-3,9,17H,4-8H2,(H2,16,18). The molecule has 0 spiro atoms. The van der Waals surface area contributed by atoms with Crippen LogP contribution in [0.5, 0.6) is 0 Å². The smallest absolute Gasteiger partial charge is 0.242 e. The summed E-state index contributed by atoms with van der Waals surface area (Å²) in [4.78, 5) is 11.9. The monoisotopic (exact) mass is 248 g/mol. The van der Waals surface area contributed by atoms with Crippen molar-refractivity contribution < 1.29 is 9.18 Å². The van der Waals surface area contributed by atoms with Crippen LogP contribution >= 0.6 is 0 Å². The van der Waals surface area contributed by atoms with Gasteiger partial charge >= 0.3 is 0 Å². The zero-order valence-corrected chi connectivity index (χ0v) is 10.2. The fourth-order valence-electron chi connectivity index (χ4n) is 2.83. The van der Waals surface area contributed by atoms with Crippen molar-refractivity contribution in [3.8, 4) is 0 Å². The molecule has 3 nitrogen and oxygen atoms in total. The highest BCUT2D eigenvalue weighted by molar-refractivity contribution is 5.87. The fraction of sp³-hybridized carbons (Fsp3) is 0.500. The number of nitrogens with one attached hydrogen (secondary N) is 1. The van der Waals surface area contributed by atoms with E-state index in [0.717, 1.165) is 12.1 Å². The van der Waals surface area contributed by atoms with Crippen molar-refractivity contribution in [1.82, 2.24) is 5.32 Å². The maximum Gasteiger partial charge on any atom is 0.242 e. The van der Waals surface area contributed by atoms with E-state index in [0.29, 0.717) is 24.3 Å². The van der Waals surface area contributed by atoms with E-state index in [1.54, 1.807) is 6.07 Å². The molecule has 1 aromatic rings. The van der Waals surface area contributed by atoms with Gasteiger partial charge in [-0.05, 0) is 55.3 Å². The maximum atomic E-state index is 13.7. The lowest BCUT2D eigenvalue weighted by atomic mass is 9.90. The molecule has 18 heavy (non-hydrogen) atoms. The first-order valence-corrected chi connectivity index (χ1v) is 6.46. The van der Waals surface area contributed by atoms with Crippen LogP contribution in [-0.2, 0) is 16.8 Å². The molecule has 3 rings (SSSR count). The van der Waals surface area contributed by atoms with Gasteiger partial charge < -0.3 is 5.73 Å². The Labute approximate surface area is 106 Å². The van der Waals surface area contributed by atoms with Gasteiger partial charge in [-0.1, -0.05) is 12.1 Å². The third kappa shape index (κ3) is 1.72. The molecule has 2 aliphatic carbocycles. The zero-order chi connectivity index (χ0) is 12.8. The molecular formula is C14H17FN2O. The van der Waals surface area contributed by atoms with Crippen LogP contribution in [0.1, 0.15) is 30.4 Å². The van der Waals surface area contributed by atoms with Crippen molar-refractivity contribution in [3.63, 3.8) is 0 Å². The third-order valence-corrected chi connectivity index (χ3v) is 4.14. The Bertz CT molecular complexity index is 499. The predicted octanol–water partition coefficient (Wildman–Crippen LogP) is 1.45. The number of fused-ring (bicyclic) bond motifs is 1. The Kier molecular flexibility index (Phi) is 2.63. The number of hydrogen-bond donors (Lipinski definition) is 2. The molecule has 1 saturated carbocycles. The number of halogens is 1. The summed E-state index contributed by atoms with van der Waals surface area (Å²) in [5.41, 5.74) is 6.09. The second kappa shape index (κ2) is 4.05. The van der Waals surface area contributed by atoms with Crippen molar-refractivity contribution in [2.75, 3.05) is 6.54 Å². The summed E-state index contributed by atoms with van der Waals surface area (Å²) in [6.45, 7) is 0.791. The number of carbonyl (C=O) groups is 1. The van der Waals surface area contributed by atoms with Gasteiger partial charge in [-0.3, -0.25) is 10.1 Å². The van der Waals surface area contributed by atoms with E-state index in [-0.39, 0.29) is 5.82 Å². The van der Waals surface area contributed by atoms with Crippen LogP contribution in [0, 0.1) is 11.7 Å². The molecule has 1 unspecified atom stereocenters. The minimum atomic E-state index is -0.861. The van der Waals surface area contributed by atoms with Crippen LogP contribution in [0.25, 0.3) is 0 Å². The van der Waals surface area contributed by atoms with E-state index in [2.05, 4.69) is 5.32 Å². The number of rotatable bonds is 4. The highest BCUT2D eigenvalue weighted by Crippen LogP contribution is 2.39. The Morgan fingerprint density at radius 2 is 2.28 bits per heavy atom. The lowest BCUT2D eigenvalue weighted by Gasteiger charge is -2.28. The summed E-state index contributed by atoms with van der Waals surface area (Å²) >= 11 is 0. The Morgan fingerprint density at radius 1 is 1.50 bits per heavy atom. The summed E-state index contributed by atoms with van der Waals surface area (Å²) in [5.74, 6) is 0.0233. The second-order valence-electron chi connectivity index (χ2n) is 5.36. The van der Waals surface area contributed by atoms with Crippen LogP contribution in [0.3, 0.4) is 0 Å².